The lowest BCUT2D eigenvalue weighted by atomic mass is 10.1. The van der Waals surface area contributed by atoms with Crippen molar-refractivity contribution in [2.75, 3.05) is 6.61 Å². The Hall–Kier alpha value is -2.45. The molecule has 0 spiro atoms. The molecule has 0 aliphatic carbocycles. The van der Waals surface area contributed by atoms with Crippen LogP contribution in [0.2, 0.25) is 0 Å². The second kappa shape index (κ2) is 4.60. The van der Waals surface area contributed by atoms with Crippen molar-refractivity contribution in [2.24, 2.45) is 0 Å². The van der Waals surface area contributed by atoms with Gasteiger partial charge in [0.1, 0.15) is 6.61 Å². The van der Waals surface area contributed by atoms with Crippen molar-refractivity contribution in [3.63, 3.8) is 0 Å². The van der Waals surface area contributed by atoms with Crippen LogP contribution in [0.15, 0.2) is 30.6 Å². The van der Waals surface area contributed by atoms with E-state index >= 15 is 0 Å². The number of non-ortho nitro benzene ring substituents is 1. The topological polar surface area (TPSA) is 76.3 Å². The SMILES string of the molecule is O=[N+]([O-])c1ccc(C#CCO)c2ccncc12. The maximum atomic E-state index is 10.8. The summed E-state index contributed by atoms with van der Waals surface area (Å²) in [6, 6.07) is 4.64. The van der Waals surface area contributed by atoms with Gasteiger partial charge in [0.2, 0.25) is 0 Å². The number of nitro groups is 1. The van der Waals surface area contributed by atoms with Crippen LogP contribution in [0, 0.1) is 22.0 Å². The van der Waals surface area contributed by atoms with Crippen LogP contribution in [0.4, 0.5) is 5.69 Å². The maximum Gasteiger partial charge on any atom is 0.278 e. The van der Waals surface area contributed by atoms with E-state index in [0.717, 1.165) is 0 Å². The zero-order valence-electron chi connectivity index (χ0n) is 8.75. The molecule has 0 unspecified atom stereocenters. The van der Waals surface area contributed by atoms with Crippen LogP contribution in [-0.2, 0) is 0 Å². The van der Waals surface area contributed by atoms with Crippen molar-refractivity contribution in [2.45, 2.75) is 0 Å². The molecule has 1 aromatic heterocycles. The van der Waals surface area contributed by atoms with E-state index in [1.165, 1.54) is 12.3 Å². The summed E-state index contributed by atoms with van der Waals surface area (Å²) < 4.78 is 0. The van der Waals surface area contributed by atoms with Gasteiger partial charge in [-0.3, -0.25) is 15.1 Å². The molecule has 0 aliphatic heterocycles. The van der Waals surface area contributed by atoms with Gasteiger partial charge in [-0.15, -0.1) is 0 Å². The number of hydrogen-bond acceptors (Lipinski definition) is 4. The zero-order chi connectivity index (χ0) is 12.3. The number of aliphatic hydroxyl groups is 1. The Kier molecular flexibility index (Phi) is 2.99. The lowest BCUT2D eigenvalue weighted by Gasteiger charge is -2.01. The van der Waals surface area contributed by atoms with E-state index in [4.69, 9.17) is 5.11 Å². The molecular weight excluding hydrogens is 220 g/mol. The first-order chi connectivity index (χ1) is 8.24. The van der Waals surface area contributed by atoms with Crippen LogP contribution in [0.25, 0.3) is 10.8 Å². The fraction of sp³-hybridized carbons (Fsp3) is 0.0833. The Bertz CT molecular complexity index is 641. The van der Waals surface area contributed by atoms with Gasteiger partial charge in [-0.2, -0.15) is 0 Å². The standard InChI is InChI=1S/C12H8N2O3/c15-7-1-2-9-3-4-12(14(16)17)11-8-13-6-5-10(9)11/h3-6,8,15H,7H2. The summed E-state index contributed by atoms with van der Waals surface area (Å²) in [5.41, 5.74) is 0.643. The van der Waals surface area contributed by atoms with Crippen LogP contribution < -0.4 is 0 Å². The van der Waals surface area contributed by atoms with Crippen molar-refractivity contribution in [1.29, 1.82) is 0 Å². The molecular formula is C12H8N2O3. The first kappa shape index (κ1) is 11.0. The number of benzene rings is 1. The van der Waals surface area contributed by atoms with Crippen molar-refractivity contribution in [3.05, 3.63) is 46.3 Å². The van der Waals surface area contributed by atoms with E-state index in [2.05, 4.69) is 16.8 Å². The smallest absolute Gasteiger partial charge is 0.278 e. The number of pyridine rings is 1. The van der Waals surface area contributed by atoms with Crippen molar-refractivity contribution in [1.82, 2.24) is 4.98 Å². The molecule has 5 heteroatoms. The van der Waals surface area contributed by atoms with Gasteiger partial charge in [-0.05, 0) is 12.1 Å². The number of nitrogens with zero attached hydrogens (tertiary/aromatic N) is 2. The first-order valence-electron chi connectivity index (χ1n) is 4.85. The summed E-state index contributed by atoms with van der Waals surface area (Å²) in [5.74, 6) is 5.27. The molecule has 0 amide bonds. The van der Waals surface area contributed by atoms with Crippen LogP contribution in [0.3, 0.4) is 0 Å². The van der Waals surface area contributed by atoms with Gasteiger partial charge >= 0.3 is 0 Å². The molecule has 0 saturated heterocycles. The second-order valence-corrected chi connectivity index (χ2v) is 3.27. The maximum absolute atomic E-state index is 10.8. The third-order valence-corrected chi connectivity index (χ3v) is 2.29. The summed E-state index contributed by atoms with van der Waals surface area (Å²) in [6.45, 7) is -0.246. The third kappa shape index (κ3) is 2.07. The molecule has 0 saturated carbocycles. The van der Waals surface area contributed by atoms with Crippen molar-refractivity contribution in [3.8, 4) is 11.8 Å². The zero-order valence-corrected chi connectivity index (χ0v) is 8.75. The average Bonchev–Trinajstić information content (AvgIpc) is 2.35. The van der Waals surface area contributed by atoms with Gasteiger partial charge < -0.3 is 5.11 Å². The van der Waals surface area contributed by atoms with E-state index in [-0.39, 0.29) is 12.3 Å². The predicted octanol–water partition coefficient (Wildman–Crippen LogP) is 1.49. The minimum Gasteiger partial charge on any atom is -0.384 e. The van der Waals surface area contributed by atoms with E-state index in [9.17, 15) is 10.1 Å². The van der Waals surface area contributed by atoms with Crippen molar-refractivity contribution >= 4 is 16.5 Å². The number of aliphatic hydroxyl groups excluding tert-OH is 1. The predicted molar refractivity (Wildman–Crippen MR) is 62.4 cm³/mol. The van der Waals surface area contributed by atoms with Gasteiger partial charge in [-0.25, -0.2) is 0 Å². The molecule has 1 N–H and O–H groups in total. The minimum atomic E-state index is -0.451. The number of rotatable bonds is 1. The van der Waals surface area contributed by atoms with Gasteiger partial charge in [0.15, 0.2) is 0 Å². The van der Waals surface area contributed by atoms with Gasteiger partial charge in [0, 0.05) is 29.4 Å². The highest BCUT2D eigenvalue weighted by atomic mass is 16.6. The lowest BCUT2D eigenvalue weighted by molar-refractivity contribution is -0.383. The highest BCUT2D eigenvalue weighted by Gasteiger charge is 2.13. The van der Waals surface area contributed by atoms with E-state index in [1.807, 2.05) is 0 Å². The summed E-state index contributed by atoms with van der Waals surface area (Å²) in [4.78, 5) is 14.3. The Labute approximate surface area is 96.9 Å². The molecule has 2 rings (SSSR count). The number of hydrogen-bond donors (Lipinski definition) is 1. The molecule has 0 bridgehead atoms. The third-order valence-electron chi connectivity index (χ3n) is 2.29. The first-order valence-corrected chi connectivity index (χ1v) is 4.85. The molecule has 17 heavy (non-hydrogen) atoms. The van der Waals surface area contributed by atoms with Crippen LogP contribution in [0.1, 0.15) is 5.56 Å². The van der Waals surface area contributed by atoms with E-state index in [0.29, 0.717) is 16.3 Å². The summed E-state index contributed by atoms with van der Waals surface area (Å²) in [5, 5.41) is 20.6. The highest BCUT2D eigenvalue weighted by Crippen LogP contribution is 2.26. The fourth-order valence-corrected chi connectivity index (χ4v) is 1.58. The van der Waals surface area contributed by atoms with Gasteiger partial charge in [0.05, 0.1) is 10.3 Å². The number of aromatic nitrogens is 1. The van der Waals surface area contributed by atoms with Crippen LogP contribution in [0.5, 0.6) is 0 Å². The molecule has 1 aromatic carbocycles. The molecule has 2 aromatic rings. The van der Waals surface area contributed by atoms with Gasteiger partial charge in [0.25, 0.3) is 5.69 Å². The summed E-state index contributed by atoms with van der Waals surface area (Å²) in [6.07, 6.45) is 2.99. The second-order valence-electron chi connectivity index (χ2n) is 3.27. The lowest BCUT2D eigenvalue weighted by Crippen LogP contribution is -1.92. The van der Waals surface area contributed by atoms with Crippen molar-refractivity contribution < 1.29 is 10.0 Å². The van der Waals surface area contributed by atoms with E-state index in [1.54, 1.807) is 18.3 Å². The molecule has 0 radical (unpaired) electrons. The largest absolute Gasteiger partial charge is 0.384 e. The van der Waals surface area contributed by atoms with Crippen LogP contribution in [-0.4, -0.2) is 21.6 Å². The Balaban J connectivity index is 2.75. The highest BCUT2D eigenvalue weighted by molar-refractivity contribution is 5.94. The van der Waals surface area contributed by atoms with E-state index < -0.39 is 4.92 Å². The molecule has 1 heterocycles. The molecule has 5 nitrogen and oxygen atoms in total. The summed E-state index contributed by atoms with van der Waals surface area (Å²) in [7, 11) is 0. The Morgan fingerprint density at radius 2 is 2.18 bits per heavy atom. The Morgan fingerprint density at radius 3 is 2.88 bits per heavy atom. The minimum absolute atomic E-state index is 0.00245. The van der Waals surface area contributed by atoms with Gasteiger partial charge in [-0.1, -0.05) is 11.8 Å². The molecule has 0 aliphatic rings. The quantitative estimate of drug-likeness (QED) is 0.455. The normalized spacial score (nSPS) is 9.71. The molecule has 84 valence electrons. The number of nitro benzene ring substituents is 1. The van der Waals surface area contributed by atoms with Crippen LogP contribution >= 0.6 is 0 Å². The number of fused-ring (bicyclic) bond motifs is 1. The summed E-state index contributed by atoms with van der Waals surface area (Å²) >= 11 is 0. The fourth-order valence-electron chi connectivity index (χ4n) is 1.58. The average molecular weight is 228 g/mol. The molecule has 0 fully saturated rings. The molecule has 0 atom stereocenters. The monoisotopic (exact) mass is 228 g/mol. The Morgan fingerprint density at radius 1 is 1.35 bits per heavy atom.